The Morgan fingerprint density at radius 1 is 0.341 bits per heavy atom. The molecule has 0 aliphatic carbocycles. The van der Waals surface area contributed by atoms with E-state index >= 15 is 0 Å². The Morgan fingerprint density at radius 2 is 0.725 bits per heavy atom. The van der Waals surface area contributed by atoms with Crippen LogP contribution < -0.4 is 29.9 Å². The molecule has 0 saturated carbocycles. The number of aromatic nitrogens is 2. The second-order valence-corrected chi connectivity index (χ2v) is 22.6. The van der Waals surface area contributed by atoms with Crippen LogP contribution in [0.2, 0.25) is 0 Å². The maximum absolute atomic E-state index is 10.2. The van der Waals surface area contributed by atoms with Crippen molar-refractivity contribution in [2.45, 2.75) is 12.8 Å². The fourth-order valence-electron chi connectivity index (χ4n) is 10.4. The predicted octanol–water partition coefficient (Wildman–Crippen LogP) is 4.94. The van der Waals surface area contributed by atoms with E-state index in [2.05, 4.69) is 7.10 Å². The molecule has 0 fully saturated rings. The number of benzene rings is 4. The summed E-state index contributed by atoms with van der Waals surface area (Å²) in [5.41, 5.74) is 3.52. The number of aliphatic hydroxyl groups is 1. The maximum Gasteiger partial charge on any atom is 0.809 e. The van der Waals surface area contributed by atoms with Crippen LogP contribution in [-0.2, 0) is 60.6 Å². The molecule has 26 nitrogen and oxygen atoms in total. The van der Waals surface area contributed by atoms with Crippen molar-refractivity contribution in [1.29, 1.82) is 0 Å². The number of fused-ring (bicyclic) bond motifs is 14. The van der Waals surface area contributed by atoms with Crippen LogP contribution in [-0.4, -0.2) is 251 Å². The van der Waals surface area contributed by atoms with Crippen LogP contribution in [0.5, 0.6) is 23.0 Å². The minimum Gasteiger partial charge on any atom is -0.490 e. The lowest BCUT2D eigenvalue weighted by Gasteiger charge is -2.19. The summed E-state index contributed by atoms with van der Waals surface area (Å²) in [6.45, 7) is 9.10. The molecule has 4 aliphatic heterocycles. The SMILES string of the molecule is COCCOCCOCCOc1cccc2c1C1=NC2=Nc2c3c(OCCOCCOCCOC)cccc3c3[n]2[Al]([O]CCCCO)[n]2c(c4cccc(OCCOCCOCCOC)c4c2=NC2=NC(=N3)c3c(OCCOCCOCCOC)cccc32)=N1. The van der Waals surface area contributed by atoms with Gasteiger partial charge < -0.3 is 91.8 Å². The van der Waals surface area contributed by atoms with E-state index in [-0.39, 0.29) is 52.9 Å². The largest absolute Gasteiger partial charge is 0.809 e. The predicted molar refractivity (Wildman–Crippen MR) is 339 cm³/mol. The first kappa shape index (κ1) is 67.3. The molecular weight excluding hydrogens is 1200 g/mol. The smallest absolute Gasteiger partial charge is 0.490 e. The third kappa shape index (κ3) is 17.2. The molecular formula is C64H81AlN8O18. The Morgan fingerprint density at radius 3 is 1.22 bits per heavy atom. The van der Waals surface area contributed by atoms with E-state index in [0.717, 1.165) is 0 Å². The summed E-state index contributed by atoms with van der Waals surface area (Å²) in [4.78, 5) is 33.2. The van der Waals surface area contributed by atoms with Gasteiger partial charge in [0.05, 0.1) is 154 Å². The molecule has 4 aliphatic rings. The number of aliphatic hydroxyl groups excluding tert-OH is 1. The van der Waals surface area contributed by atoms with Crippen LogP contribution in [0.25, 0.3) is 21.5 Å². The summed E-state index contributed by atoms with van der Waals surface area (Å²) < 4.78 is 105. The Labute approximate surface area is 533 Å². The van der Waals surface area contributed by atoms with Crippen molar-refractivity contribution in [3.8, 4) is 23.0 Å². The second kappa shape index (κ2) is 36.0. The monoisotopic (exact) mass is 1280 g/mol. The van der Waals surface area contributed by atoms with Crippen LogP contribution in [0.4, 0.5) is 11.6 Å². The number of amidine groups is 4. The lowest BCUT2D eigenvalue weighted by molar-refractivity contribution is 0.0179. The molecule has 488 valence electrons. The second-order valence-electron chi connectivity index (χ2n) is 20.6. The summed E-state index contributed by atoms with van der Waals surface area (Å²) in [5.74, 6) is 4.40. The van der Waals surface area contributed by atoms with Crippen molar-refractivity contribution in [2.24, 2.45) is 30.0 Å². The van der Waals surface area contributed by atoms with Crippen LogP contribution >= 0.6 is 0 Å². The first-order valence-electron chi connectivity index (χ1n) is 30.8. The van der Waals surface area contributed by atoms with Crippen LogP contribution in [0.3, 0.4) is 0 Å². The average molecular weight is 1280 g/mol. The van der Waals surface area contributed by atoms with Gasteiger partial charge in [0.2, 0.25) is 0 Å². The van der Waals surface area contributed by atoms with E-state index < -0.39 is 14.9 Å². The Hall–Kier alpha value is -6.59. The summed E-state index contributed by atoms with van der Waals surface area (Å²) in [6.07, 6.45) is 1.02. The molecule has 6 aromatic rings. The zero-order valence-corrected chi connectivity index (χ0v) is 53.4. The van der Waals surface area contributed by atoms with Crippen molar-refractivity contribution in [2.75, 3.05) is 200 Å². The zero-order chi connectivity index (χ0) is 62.8. The van der Waals surface area contributed by atoms with Gasteiger partial charge in [0.15, 0.2) is 23.3 Å². The fraction of sp³-hybridized carbons (Fsp3) is 0.500. The maximum atomic E-state index is 10.2. The van der Waals surface area contributed by atoms with Crippen molar-refractivity contribution in [3.05, 3.63) is 106 Å². The molecule has 27 heteroatoms. The highest BCUT2D eigenvalue weighted by atomic mass is 27.2. The van der Waals surface area contributed by atoms with Crippen LogP contribution in [0, 0.1) is 0 Å². The Balaban J connectivity index is 1.16. The van der Waals surface area contributed by atoms with Gasteiger partial charge in [0, 0.05) is 63.6 Å². The number of ether oxygens (including phenoxy) is 16. The molecule has 0 saturated heterocycles. The first-order chi connectivity index (χ1) is 45.1. The number of methoxy groups -OCH3 is 4. The van der Waals surface area contributed by atoms with E-state index in [4.69, 9.17) is 110 Å². The van der Waals surface area contributed by atoms with E-state index in [9.17, 15) is 5.11 Å². The molecule has 0 atom stereocenters. The topological polar surface area (TPSA) is 261 Å². The molecule has 0 unspecified atom stereocenters. The van der Waals surface area contributed by atoms with Crippen LogP contribution in [0.15, 0.2) is 103 Å². The quantitative estimate of drug-likeness (QED) is 0.0392. The minimum atomic E-state index is -3.43. The fourth-order valence-corrected chi connectivity index (χ4v) is 12.9. The van der Waals surface area contributed by atoms with Gasteiger partial charge in [0.1, 0.15) is 72.0 Å². The molecule has 10 rings (SSSR count). The number of aliphatic imine (C=N–C) groups is 4. The van der Waals surface area contributed by atoms with Gasteiger partial charge in [0.25, 0.3) is 0 Å². The summed E-state index contributed by atoms with van der Waals surface area (Å²) in [7, 11) is 6.54. The van der Waals surface area contributed by atoms with Gasteiger partial charge in [-0.1, -0.05) is 48.5 Å². The molecule has 1 N–H and O–H groups in total. The lowest BCUT2D eigenvalue weighted by atomic mass is 10.1. The number of hydrogen-bond acceptors (Lipinski definition) is 24. The molecule has 4 aromatic carbocycles. The summed E-state index contributed by atoms with van der Waals surface area (Å²) >= 11 is -3.43. The van der Waals surface area contributed by atoms with E-state index in [1.54, 1.807) is 28.4 Å². The van der Waals surface area contributed by atoms with Crippen LogP contribution in [0.1, 0.15) is 35.1 Å². The van der Waals surface area contributed by atoms with Crippen molar-refractivity contribution >= 4 is 71.4 Å². The van der Waals surface area contributed by atoms with Crippen molar-refractivity contribution < 1.29 is 84.7 Å². The van der Waals surface area contributed by atoms with Gasteiger partial charge in [-0.05, 0) is 37.1 Å². The number of rotatable bonds is 45. The molecule has 0 amide bonds. The van der Waals surface area contributed by atoms with Crippen molar-refractivity contribution in [1.82, 2.24) is 7.10 Å². The minimum absolute atomic E-state index is 0.0261. The van der Waals surface area contributed by atoms with Gasteiger partial charge in [-0.2, -0.15) is 0 Å². The third-order valence-corrected chi connectivity index (χ3v) is 17.0. The third-order valence-electron chi connectivity index (χ3n) is 14.6. The molecule has 0 radical (unpaired) electrons. The number of nitrogens with zero attached hydrogens (tertiary/aromatic N) is 8. The van der Waals surface area contributed by atoms with Gasteiger partial charge >= 0.3 is 14.9 Å². The molecule has 2 aromatic heterocycles. The molecule has 6 heterocycles. The highest BCUT2D eigenvalue weighted by molar-refractivity contribution is 6.51. The Kier molecular flexibility index (Phi) is 26.6. The molecule has 0 spiro atoms. The van der Waals surface area contributed by atoms with Gasteiger partial charge in [-0.25, -0.2) is 30.0 Å². The zero-order valence-electron chi connectivity index (χ0n) is 52.3. The van der Waals surface area contributed by atoms with E-state index in [0.29, 0.717) is 245 Å². The lowest BCUT2D eigenvalue weighted by Crippen LogP contribution is -2.49. The first-order valence-corrected chi connectivity index (χ1v) is 32.3. The molecule has 91 heavy (non-hydrogen) atoms. The van der Waals surface area contributed by atoms with E-state index in [1.165, 1.54) is 0 Å². The Bertz CT molecular complexity index is 3590. The number of hydrogen-bond donors (Lipinski definition) is 1. The van der Waals surface area contributed by atoms with Gasteiger partial charge in [-0.3, -0.25) is 0 Å². The number of unbranched alkanes of at least 4 members (excludes halogenated alkanes) is 1. The normalized spacial score (nSPS) is 13.6. The summed E-state index contributed by atoms with van der Waals surface area (Å²) in [6, 6.07) is 23.2. The summed E-state index contributed by atoms with van der Waals surface area (Å²) in [5, 5.41) is 12.8. The molecule has 6 bridgehead atoms. The van der Waals surface area contributed by atoms with Crippen molar-refractivity contribution in [3.63, 3.8) is 0 Å². The standard InChI is InChI=1S/C60H72N8O16.C4H9O2.Al/c1-69-17-21-73-25-29-77-33-37-81-45-13-5-9-41-49(45)57-61-53(41)66-58-51-43(11-7-15-47(51)83-39-35-79-31-27-75-23-19-71-3)55(63-58)68-60-52-44(12-8-16-48(52)84-40-36-80-32-28-76-24-20-72-4)56(64-60)67-59-50-42(54(62-59)65-57)10-6-14-46(50)82-38-34-78-30-26-74-22-18-70-2;5-3-1-2-4-6;/h5-16H,17-40H2,1-4H3;5H,1-4H2;/q-2;-1;+3. The highest BCUT2D eigenvalue weighted by Crippen LogP contribution is 2.46. The van der Waals surface area contributed by atoms with Gasteiger partial charge in [-0.15, -0.1) is 0 Å². The van der Waals surface area contributed by atoms with E-state index in [1.807, 2.05) is 72.8 Å². The highest BCUT2D eigenvalue weighted by Gasteiger charge is 2.44. The average Bonchev–Trinajstić information content (AvgIpc) is 1.59.